The lowest BCUT2D eigenvalue weighted by molar-refractivity contribution is 0.0973. The minimum atomic E-state index is -0.388. The molecule has 92 valence electrons. The number of hydrogen-bond donors (Lipinski definition) is 2. The smallest absolute Gasteiger partial charge is 0.410 e. The zero-order chi connectivity index (χ0) is 12.0. The van der Waals surface area contributed by atoms with Gasteiger partial charge in [0, 0.05) is 6.04 Å². The number of nitrogens with two attached hydrogens (primary N) is 1. The molecule has 6 heteroatoms. The van der Waals surface area contributed by atoms with Gasteiger partial charge in [0.05, 0.1) is 13.2 Å². The summed E-state index contributed by atoms with van der Waals surface area (Å²) in [5.41, 5.74) is 5.43. The van der Waals surface area contributed by atoms with E-state index in [-0.39, 0.29) is 24.5 Å². The van der Waals surface area contributed by atoms with E-state index in [0.717, 1.165) is 25.7 Å². The van der Waals surface area contributed by atoms with Crippen LogP contribution in [0.3, 0.4) is 0 Å². The predicted molar refractivity (Wildman–Crippen MR) is 59.4 cm³/mol. The summed E-state index contributed by atoms with van der Waals surface area (Å²) >= 11 is 0. The van der Waals surface area contributed by atoms with Crippen molar-refractivity contribution in [2.24, 2.45) is 10.9 Å². The Bertz CT molecular complexity index is 262. The Morgan fingerprint density at radius 3 is 2.69 bits per heavy atom. The van der Waals surface area contributed by atoms with Crippen molar-refractivity contribution in [2.75, 3.05) is 13.2 Å². The minimum absolute atomic E-state index is 0.0277. The van der Waals surface area contributed by atoms with Gasteiger partial charge in [-0.1, -0.05) is 18.0 Å². The second-order valence-electron chi connectivity index (χ2n) is 3.86. The van der Waals surface area contributed by atoms with E-state index in [2.05, 4.69) is 5.16 Å². The van der Waals surface area contributed by atoms with E-state index in [1.54, 1.807) is 11.8 Å². The summed E-state index contributed by atoms with van der Waals surface area (Å²) in [5.74, 6) is 0.0277. The summed E-state index contributed by atoms with van der Waals surface area (Å²) in [5, 5.41) is 11.4. The number of rotatable bonds is 4. The third kappa shape index (κ3) is 3.29. The summed E-state index contributed by atoms with van der Waals surface area (Å²) in [6.45, 7) is 2.21. The normalized spacial score (nSPS) is 17.4. The van der Waals surface area contributed by atoms with Gasteiger partial charge in [-0.25, -0.2) is 4.79 Å². The van der Waals surface area contributed by atoms with Gasteiger partial charge >= 0.3 is 6.09 Å². The van der Waals surface area contributed by atoms with Gasteiger partial charge in [-0.05, 0) is 19.8 Å². The average Bonchev–Trinajstić information content (AvgIpc) is 2.78. The Balaban J connectivity index is 2.63. The number of carbonyl (C=O) groups is 1. The summed E-state index contributed by atoms with van der Waals surface area (Å²) in [6, 6.07) is 0.152. The minimum Gasteiger partial charge on any atom is -0.450 e. The van der Waals surface area contributed by atoms with Gasteiger partial charge < -0.3 is 15.7 Å². The molecule has 1 fully saturated rings. The van der Waals surface area contributed by atoms with Gasteiger partial charge in [0.2, 0.25) is 0 Å². The van der Waals surface area contributed by atoms with Crippen LogP contribution in [-0.4, -0.2) is 41.2 Å². The summed E-state index contributed by atoms with van der Waals surface area (Å²) in [6.07, 6.45) is 3.74. The first kappa shape index (κ1) is 12.6. The third-order valence-electron chi connectivity index (χ3n) is 2.73. The zero-order valence-corrected chi connectivity index (χ0v) is 9.56. The van der Waals surface area contributed by atoms with Crippen molar-refractivity contribution in [2.45, 2.75) is 38.6 Å². The van der Waals surface area contributed by atoms with Gasteiger partial charge in [-0.2, -0.15) is 0 Å². The monoisotopic (exact) mass is 229 g/mol. The average molecular weight is 229 g/mol. The largest absolute Gasteiger partial charge is 0.450 e. The molecular formula is C10H19N3O3. The molecule has 0 saturated heterocycles. The molecule has 0 heterocycles. The molecule has 1 amide bonds. The van der Waals surface area contributed by atoms with Crippen LogP contribution >= 0.6 is 0 Å². The van der Waals surface area contributed by atoms with Crippen molar-refractivity contribution >= 4 is 11.9 Å². The SMILES string of the molecule is CCOC(=O)N(CC(N)=NO)C1CCCC1. The topological polar surface area (TPSA) is 88.2 Å². The molecule has 0 radical (unpaired) electrons. The van der Waals surface area contributed by atoms with Crippen molar-refractivity contribution in [3.05, 3.63) is 0 Å². The van der Waals surface area contributed by atoms with Gasteiger partial charge in [-0.3, -0.25) is 4.90 Å². The highest BCUT2D eigenvalue weighted by Crippen LogP contribution is 2.23. The number of carbonyl (C=O) groups excluding carboxylic acids is 1. The first-order valence-electron chi connectivity index (χ1n) is 5.58. The van der Waals surface area contributed by atoms with Gasteiger partial charge in [0.1, 0.15) is 0 Å². The Morgan fingerprint density at radius 2 is 2.19 bits per heavy atom. The molecule has 0 atom stereocenters. The lowest BCUT2D eigenvalue weighted by atomic mass is 10.2. The van der Waals surface area contributed by atoms with Crippen molar-refractivity contribution in [3.63, 3.8) is 0 Å². The molecular weight excluding hydrogens is 210 g/mol. The molecule has 0 aromatic carbocycles. The number of ether oxygens (including phenoxy) is 1. The number of hydrogen-bond acceptors (Lipinski definition) is 4. The van der Waals surface area contributed by atoms with Crippen molar-refractivity contribution < 1.29 is 14.7 Å². The first-order valence-corrected chi connectivity index (χ1v) is 5.58. The highest BCUT2D eigenvalue weighted by atomic mass is 16.6. The maximum absolute atomic E-state index is 11.7. The fourth-order valence-corrected chi connectivity index (χ4v) is 1.97. The van der Waals surface area contributed by atoms with Crippen LogP contribution in [0.25, 0.3) is 0 Å². The Labute approximate surface area is 95.0 Å². The van der Waals surface area contributed by atoms with Crippen LogP contribution in [0.15, 0.2) is 5.16 Å². The van der Waals surface area contributed by atoms with Crippen LogP contribution in [0.4, 0.5) is 4.79 Å². The molecule has 16 heavy (non-hydrogen) atoms. The van der Waals surface area contributed by atoms with Gasteiger partial charge in [0.15, 0.2) is 5.84 Å². The zero-order valence-electron chi connectivity index (χ0n) is 9.56. The highest BCUT2D eigenvalue weighted by molar-refractivity contribution is 5.85. The molecule has 0 aliphatic heterocycles. The van der Waals surface area contributed by atoms with E-state index in [4.69, 9.17) is 15.7 Å². The number of nitrogens with zero attached hydrogens (tertiary/aromatic N) is 2. The molecule has 3 N–H and O–H groups in total. The summed E-state index contributed by atoms with van der Waals surface area (Å²) < 4.78 is 4.96. The maximum Gasteiger partial charge on any atom is 0.410 e. The Kier molecular flexibility index (Phi) is 4.88. The van der Waals surface area contributed by atoms with Crippen LogP contribution in [0.5, 0.6) is 0 Å². The molecule has 0 spiro atoms. The van der Waals surface area contributed by atoms with Crippen molar-refractivity contribution in [1.82, 2.24) is 4.90 Å². The van der Waals surface area contributed by atoms with Crippen molar-refractivity contribution in [1.29, 1.82) is 0 Å². The van der Waals surface area contributed by atoms with E-state index < -0.39 is 0 Å². The molecule has 1 saturated carbocycles. The fourth-order valence-electron chi connectivity index (χ4n) is 1.97. The summed E-state index contributed by atoms with van der Waals surface area (Å²) in [7, 11) is 0. The van der Waals surface area contributed by atoms with E-state index in [1.165, 1.54) is 0 Å². The molecule has 0 unspecified atom stereocenters. The standard InChI is InChI=1S/C10H19N3O3/c1-2-16-10(14)13(7-9(11)12-15)8-5-3-4-6-8/h8,15H,2-7H2,1H3,(H2,11,12). The maximum atomic E-state index is 11.7. The number of amidine groups is 1. The number of amides is 1. The van der Waals surface area contributed by atoms with Crippen LogP contribution in [0, 0.1) is 0 Å². The Hall–Kier alpha value is -1.46. The summed E-state index contributed by atoms with van der Waals surface area (Å²) in [4.78, 5) is 13.2. The third-order valence-corrected chi connectivity index (χ3v) is 2.73. The quantitative estimate of drug-likeness (QED) is 0.327. The van der Waals surface area contributed by atoms with Gasteiger partial charge in [0.25, 0.3) is 0 Å². The molecule has 6 nitrogen and oxygen atoms in total. The second kappa shape index (κ2) is 6.19. The predicted octanol–water partition coefficient (Wildman–Crippen LogP) is 1.13. The molecule has 0 bridgehead atoms. The van der Waals surface area contributed by atoms with E-state index in [9.17, 15) is 4.79 Å². The van der Waals surface area contributed by atoms with Crippen molar-refractivity contribution in [3.8, 4) is 0 Å². The lowest BCUT2D eigenvalue weighted by Gasteiger charge is -2.27. The lowest BCUT2D eigenvalue weighted by Crippen LogP contribution is -2.44. The van der Waals surface area contributed by atoms with E-state index in [0.29, 0.717) is 6.61 Å². The highest BCUT2D eigenvalue weighted by Gasteiger charge is 2.28. The van der Waals surface area contributed by atoms with E-state index >= 15 is 0 Å². The van der Waals surface area contributed by atoms with Crippen LogP contribution in [-0.2, 0) is 4.74 Å². The van der Waals surface area contributed by atoms with Crippen LogP contribution in [0.2, 0.25) is 0 Å². The fraction of sp³-hybridized carbons (Fsp3) is 0.800. The molecule has 0 aromatic heterocycles. The molecule has 0 aromatic rings. The molecule has 1 aliphatic carbocycles. The second-order valence-corrected chi connectivity index (χ2v) is 3.86. The van der Waals surface area contributed by atoms with Gasteiger partial charge in [-0.15, -0.1) is 0 Å². The molecule has 1 aliphatic rings. The van der Waals surface area contributed by atoms with Crippen LogP contribution < -0.4 is 5.73 Å². The van der Waals surface area contributed by atoms with Crippen LogP contribution in [0.1, 0.15) is 32.6 Å². The first-order chi connectivity index (χ1) is 7.69. The van der Waals surface area contributed by atoms with E-state index in [1.807, 2.05) is 0 Å². The molecule has 1 rings (SSSR count). The Morgan fingerprint density at radius 1 is 1.56 bits per heavy atom. The number of oxime groups is 1.